The van der Waals surface area contributed by atoms with E-state index in [-0.39, 0.29) is 110 Å². The average molecular weight is 1610 g/mol. The van der Waals surface area contributed by atoms with E-state index in [4.69, 9.17) is 0 Å². The second kappa shape index (κ2) is 50.9. The average Bonchev–Trinajstić information content (AvgIpc) is 0.807. The van der Waals surface area contributed by atoms with Crippen molar-refractivity contribution in [1.82, 2.24) is 0 Å². The van der Waals surface area contributed by atoms with Gasteiger partial charge in [0.1, 0.15) is 0 Å². The molecule has 0 aliphatic heterocycles. The Hall–Kier alpha value is -1.25. The van der Waals surface area contributed by atoms with Gasteiger partial charge in [-0.2, -0.15) is 99.4 Å². The van der Waals surface area contributed by atoms with Crippen LogP contribution in [0.1, 0.15) is 365 Å². The standard InChI is InChI=1S/2C38H60O2S2.4C4H10N.2Ti/c2*1-35(2,3)27-19-25(33(39)29(21-27)37(7,8)9)23-41-31-17-15-13-14-16-18-32(31)42-24-26-20-28(36(4,5)6)22-30(34(26)40)38(10,11)12;4*1-3-5-4-2;;/h2*19-22,31-32,39-40H,13-18,23-24H2,1-12H3;4*3-4H2,1-2H3;;/q;;4*-1;2*+4/p-4/t2*31-,32-;;;;;;/m10....../s1. The normalized spacial score (nSPS) is 17.0. The second-order valence-electron chi connectivity index (χ2n) is 36.9. The summed E-state index contributed by atoms with van der Waals surface area (Å²) in [6, 6.07) is 17.4. The molecule has 2 aliphatic carbocycles. The Balaban J connectivity index is 0. The molecule has 8 nitrogen and oxygen atoms in total. The molecule has 0 saturated heterocycles. The molecule has 0 N–H and O–H groups in total. The van der Waals surface area contributed by atoms with E-state index in [9.17, 15) is 20.4 Å². The maximum atomic E-state index is 13.7. The third-order valence-corrected chi connectivity index (χ3v) is 25.5. The number of hydrogen-bond acceptors (Lipinski definition) is 8. The molecule has 600 valence electrons. The molecule has 0 spiro atoms. The Morgan fingerprint density at radius 2 is 0.406 bits per heavy atom. The fourth-order valence-corrected chi connectivity index (χ4v) is 18.5. The summed E-state index contributed by atoms with van der Waals surface area (Å²) in [6.45, 7) is 76.8. The summed E-state index contributed by atoms with van der Waals surface area (Å²) in [5, 5.41) is 72.6. The van der Waals surface area contributed by atoms with Gasteiger partial charge in [-0.15, -0.1) is 23.0 Å². The molecule has 0 heterocycles. The molecule has 4 aromatic rings. The molecule has 4 aromatic carbocycles. The summed E-state index contributed by atoms with van der Waals surface area (Å²) in [7, 11) is 0. The first-order chi connectivity index (χ1) is 48.0. The number of thioether (sulfide) groups is 4. The molecule has 0 amide bonds. The minimum atomic E-state index is -0.181. The first-order valence-electron chi connectivity index (χ1n) is 40.4. The van der Waals surface area contributed by atoms with Crippen molar-refractivity contribution in [3.8, 4) is 23.0 Å². The Morgan fingerprint density at radius 1 is 0.255 bits per heavy atom. The molecule has 6 rings (SSSR count). The van der Waals surface area contributed by atoms with Gasteiger partial charge < -0.3 is 41.7 Å². The third-order valence-electron chi connectivity index (χ3n) is 19.2. The van der Waals surface area contributed by atoms with Crippen LogP contribution in [0, 0.1) is 0 Å². The van der Waals surface area contributed by atoms with Crippen molar-refractivity contribution in [3.05, 3.63) is 137 Å². The molecule has 0 radical (unpaired) electrons. The fraction of sp³-hybridized carbons (Fsp3) is 0.739. The zero-order valence-electron chi connectivity index (χ0n) is 74.0. The van der Waals surface area contributed by atoms with Crippen molar-refractivity contribution < 1.29 is 63.9 Å². The molecule has 14 heteroatoms. The van der Waals surface area contributed by atoms with Crippen LogP contribution in [0.25, 0.3) is 21.3 Å². The number of hydrogen-bond donors (Lipinski definition) is 0. The van der Waals surface area contributed by atoms with Gasteiger partial charge in [-0.1, -0.05) is 321 Å². The van der Waals surface area contributed by atoms with Crippen molar-refractivity contribution in [2.45, 2.75) is 386 Å². The molecule has 0 bridgehead atoms. The summed E-state index contributed by atoms with van der Waals surface area (Å²) in [5.74, 6) is 3.93. The minimum Gasteiger partial charge on any atom is -0.872 e. The fourth-order valence-electron chi connectivity index (χ4n) is 12.4. The van der Waals surface area contributed by atoms with Gasteiger partial charge in [0.2, 0.25) is 0 Å². The monoisotopic (exact) mass is 1600 g/mol. The van der Waals surface area contributed by atoms with Crippen LogP contribution in [-0.4, -0.2) is 73.4 Å². The summed E-state index contributed by atoms with van der Waals surface area (Å²) in [4.78, 5) is 0. The van der Waals surface area contributed by atoms with Crippen molar-refractivity contribution in [2.24, 2.45) is 0 Å². The number of nitrogens with zero attached hydrogens (tertiary/aromatic N) is 4. The summed E-state index contributed by atoms with van der Waals surface area (Å²) >= 11 is 7.96. The van der Waals surface area contributed by atoms with E-state index in [0.717, 1.165) is 120 Å². The van der Waals surface area contributed by atoms with E-state index < -0.39 is 0 Å². The zero-order valence-corrected chi connectivity index (χ0v) is 80.3. The zero-order chi connectivity index (χ0) is 79.8. The van der Waals surface area contributed by atoms with Gasteiger partial charge >= 0.3 is 43.4 Å². The molecule has 4 atom stereocenters. The number of benzene rings is 4. The van der Waals surface area contributed by atoms with Crippen LogP contribution in [0.15, 0.2) is 48.5 Å². The van der Waals surface area contributed by atoms with Crippen LogP contribution in [0.5, 0.6) is 23.0 Å². The van der Waals surface area contributed by atoms with Gasteiger partial charge in [0, 0.05) is 44.0 Å². The summed E-state index contributed by atoms with van der Waals surface area (Å²) in [6.07, 6.45) is 14.9. The van der Waals surface area contributed by atoms with E-state index in [2.05, 4.69) is 236 Å². The van der Waals surface area contributed by atoms with Crippen molar-refractivity contribution in [2.75, 3.05) is 52.4 Å². The van der Waals surface area contributed by atoms with Gasteiger partial charge in [-0.05, 0) is 136 Å². The van der Waals surface area contributed by atoms with Gasteiger partial charge in [0.25, 0.3) is 0 Å². The van der Waals surface area contributed by atoms with Crippen molar-refractivity contribution in [3.63, 3.8) is 0 Å². The molecular weight excluding hydrogens is 1450 g/mol. The molecule has 2 fully saturated rings. The number of rotatable bonds is 20. The van der Waals surface area contributed by atoms with E-state index in [1.165, 1.54) is 99.3 Å². The van der Waals surface area contributed by atoms with Gasteiger partial charge in [0.15, 0.2) is 0 Å². The topological polar surface area (TPSA) is 149 Å². The Labute approximate surface area is 702 Å². The Kier molecular flexibility index (Phi) is 51.2. The first kappa shape index (κ1) is 107. The van der Waals surface area contributed by atoms with E-state index in [1.807, 2.05) is 102 Å². The van der Waals surface area contributed by atoms with Crippen LogP contribution in [-0.2, 0) is 110 Å². The third kappa shape index (κ3) is 39.2. The molecule has 0 aromatic heterocycles. The SMILES string of the molecule is CC(C)(C)c1cc(CS[C@@H]2CCCCCC[C@H]2SCc2cc(C(C)(C)C)cc(C(C)(C)C)c2[O-])c([O-])c(C(C)(C)C)c1.CC(C)(C)c1cc(CS[C@H]2CCCCCC[C@@H]2SCc2cc(C(C)(C)C)cc(C(C)(C)C)c2[O-])c([O-])c(C(C)(C)C)c1.CC[N-]CC.CC[N-]CC.CC[N-]CC.CC[N-]CC.[Ti+4].[Ti+4]. The molecule has 0 unspecified atom stereocenters. The van der Waals surface area contributed by atoms with Gasteiger partial charge in [-0.3, -0.25) is 0 Å². The molecule has 2 aliphatic rings. The Bertz CT molecular complexity index is 2630. The maximum absolute atomic E-state index is 13.7. The van der Waals surface area contributed by atoms with E-state index >= 15 is 0 Å². The predicted molar refractivity (Wildman–Crippen MR) is 467 cm³/mol. The second-order valence-corrected chi connectivity index (χ2v) is 41.8. The first-order valence-corrected chi connectivity index (χ1v) is 44.6. The van der Waals surface area contributed by atoms with Gasteiger partial charge in [-0.25, -0.2) is 0 Å². The van der Waals surface area contributed by atoms with Gasteiger partial charge in [0.05, 0.1) is 0 Å². The minimum absolute atomic E-state index is 0. The smallest absolute Gasteiger partial charge is 0.872 e. The molecule has 2 saturated carbocycles. The molecular formula is C92H156N4O4S4Ti2. The quantitative estimate of drug-likeness (QED) is 0.0794. The molecule has 106 heavy (non-hydrogen) atoms. The van der Waals surface area contributed by atoms with Crippen molar-refractivity contribution >= 4 is 47.0 Å². The Morgan fingerprint density at radius 3 is 0.519 bits per heavy atom. The predicted octanol–water partition coefficient (Wildman–Crippen LogP) is 26.2. The van der Waals surface area contributed by atoms with E-state index in [0.29, 0.717) is 21.0 Å². The van der Waals surface area contributed by atoms with Crippen molar-refractivity contribution in [1.29, 1.82) is 0 Å². The largest absolute Gasteiger partial charge is 4.00 e. The van der Waals surface area contributed by atoms with E-state index in [1.54, 1.807) is 0 Å². The summed E-state index contributed by atoms with van der Waals surface area (Å²) in [5.41, 5.74) is 11.8. The maximum Gasteiger partial charge on any atom is 4.00 e. The van der Waals surface area contributed by atoms with Crippen LogP contribution in [0.2, 0.25) is 0 Å². The van der Waals surface area contributed by atoms with Crippen LogP contribution in [0.4, 0.5) is 0 Å². The van der Waals surface area contributed by atoms with Crippen LogP contribution >= 0.6 is 47.0 Å². The van der Waals surface area contributed by atoms with Crippen LogP contribution in [0.3, 0.4) is 0 Å². The van der Waals surface area contributed by atoms with Crippen LogP contribution < -0.4 is 20.4 Å². The summed E-state index contributed by atoms with van der Waals surface area (Å²) < 4.78 is 0.